The number of hydrogen-bond donors (Lipinski definition) is 0. The molecule has 28 heavy (non-hydrogen) atoms. The van der Waals surface area contributed by atoms with E-state index in [2.05, 4.69) is 4.98 Å². The molecule has 0 radical (unpaired) electrons. The molecule has 0 saturated heterocycles. The first kappa shape index (κ1) is 16.0. The maximum atomic E-state index is 13.4. The molecule has 2 aromatic carbocycles. The van der Waals surface area contributed by atoms with Gasteiger partial charge in [0.05, 0.1) is 22.1 Å². The zero-order valence-electron chi connectivity index (χ0n) is 14.6. The van der Waals surface area contributed by atoms with Gasteiger partial charge in [-0.2, -0.15) is 13.2 Å². The van der Waals surface area contributed by atoms with Gasteiger partial charge in [0.25, 0.3) is 0 Å². The highest BCUT2D eigenvalue weighted by molar-refractivity contribution is 5.80. The molecule has 140 valence electrons. The molecule has 2 bridgehead atoms. The monoisotopic (exact) mass is 381 g/mol. The number of oxazole rings is 1. The Balaban J connectivity index is 1.54. The van der Waals surface area contributed by atoms with Crippen LogP contribution in [0.2, 0.25) is 0 Å². The zero-order chi connectivity index (χ0) is 19.1. The summed E-state index contributed by atoms with van der Waals surface area (Å²) in [5.41, 5.74) is 1.50. The van der Waals surface area contributed by atoms with Gasteiger partial charge in [0.2, 0.25) is 5.89 Å². The second-order valence-corrected chi connectivity index (χ2v) is 7.99. The second kappa shape index (κ2) is 4.90. The number of fused-ring (bicyclic) bond motifs is 2. The van der Waals surface area contributed by atoms with Gasteiger partial charge < -0.3 is 4.42 Å². The van der Waals surface area contributed by atoms with Crippen LogP contribution in [0.25, 0.3) is 33.7 Å². The number of nitrogens with zero attached hydrogens (tertiary/aromatic N) is 3. The van der Waals surface area contributed by atoms with Crippen LogP contribution < -0.4 is 0 Å². The van der Waals surface area contributed by atoms with Crippen molar-refractivity contribution >= 4 is 22.1 Å². The molecular weight excluding hydrogens is 367 g/mol. The second-order valence-electron chi connectivity index (χ2n) is 7.99. The summed E-state index contributed by atoms with van der Waals surface area (Å²) in [5.74, 6) is 0.306. The molecule has 0 N–H and O–H groups in total. The third kappa shape index (κ3) is 1.94. The molecule has 3 aliphatic carbocycles. The zero-order valence-corrected chi connectivity index (χ0v) is 14.6. The van der Waals surface area contributed by atoms with E-state index in [9.17, 15) is 13.2 Å². The molecule has 3 aliphatic rings. The summed E-state index contributed by atoms with van der Waals surface area (Å²) < 4.78 is 46.0. The lowest BCUT2D eigenvalue weighted by Gasteiger charge is -2.70. The lowest BCUT2D eigenvalue weighted by molar-refractivity contribution is -0.337. The summed E-state index contributed by atoms with van der Waals surface area (Å²) in [4.78, 5) is 13.9. The van der Waals surface area contributed by atoms with Gasteiger partial charge >= 0.3 is 6.18 Å². The topological polar surface area (TPSA) is 51.8 Å². The fourth-order valence-corrected chi connectivity index (χ4v) is 4.83. The minimum Gasteiger partial charge on any atom is -0.435 e. The third-order valence-corrected chi connectivity index (χ3v) is 6.20. The van der Waals surface area contributed by atoms with Crippen LogP contribution in [0.1, 0.15) is 25.0 Å². The normalized spacial score (nSPS) is 26.2. The smallest absolute Gasteiger partial charge is 0.394 e. The van der Waals surface area contributed by atoms with Crippen molar-refractivity contribution in [1.82, 2.24) is 15.0 Å². The van der Waals surface area contributed by atoms with E-state index in [-0.39, 0.29) is 19.3 Å². The van der Waals surface area contributed by atoms with Gasteiger partial charge in [0.1, 0.15) is 11.2 Å². The van der Waals surface area contributed by atoms with Crippen LogP contribution >= 0.6 is 0 Å². The quantitative estimate of drug-likeness (QED) is 0.465. The highest BCUT2D eigenvalue weighted by atomic mass is 19.4. The first-order chi connectivity index (χ1) is 13.4. The molecule has 7 heteroatoms. The maximum absolute atomic E-state index is 13.4. The molecule has 3 saturated carbocycles. The maximum Gasteiger partial charge on any atom is 0.394 e. The number of halogens is 3. The summed E-state index contributed by atoms with van der Waals surface area (Å²) in [6.07, 6.45) is -3.99. The Morgan fingerprint density at radius 3 is 2.04 bits per heavy atom. The van der Waals surface area contributed by atoms with Crippen molar-refractivity contribution in [3.05, 3.63) is 54.2 Å². The van der Waals surface area contributed by atoms with Crippen molar-refractivity contribution in [2.75, 3.05) is 0 Å². The Hall–Kier alpha value is -2.96. The van der Waals surface area contributed by atoms with Crippen LogP contribution in [-0.2, 0) is 5.41 Å². The first-order valence-corrected chi connectivity index (χ1v) is 9.09. The minimum atomic E-state index is -4.17. The summed E-state index contributed by atoms with van der Waals surface area (Å²) >= 11 is 0. The predicted octanol–water partition coefficient (Wildman–Crippen LogP) is 5.42. The SMILES string of the molecule is FC(F)(F)C12CC(c3nc4ccccc4nc3-c3nc4ccccc4o3)(C1)C2. The van der Waals surface area contributed by atoms with Crippen LogP contribution in [0.5, 0.6) is 0 Å². The van der Waals surface area contributed by atoms with E-state index < -0.39 is 17.0 Å². The van der Waals surface area contributed by atoms with E-state index in [1.165, 1.54) is 0 Å². The van der Waals surface area contributed by atoms with Gasteiger partial charge in [-0.05, 0) is 43.5 Å². The number of benzene rings is 2. The molecule has 0 unspecified atom stereocenters. The molecule has 0 atom stereocenters. The van der Waals surface area contributed by atoms with Crippen molar-refractivity contribution in [2.45, 2.75) is 30.9 Å². The number of aromatic nitrogens is 3. The lowest BCUT2D eigenvalue weighted by atomic mass is 9.33. The van der Waals surface area contributed by atoms with Crippen molar-refractivity contribution in [2.24, 2.45) is 5.41 Å². The van der Waals surface area contributed by atoms with Crippen LogP contribution in [-0.4, -0.2) is 21.1 Å². The number of para-hydroxylation sites is 4. The van der Waals surface area contributed by atoms with E-state index in [4.69, 9.17) is 14.4 Å². The number of hydrogen-bond acceptors (Lipinski definition) is 4. The van der Waals surface area contributed by atoms with Gasteiger partial charge in [-0.3, -0.25) is 0 Å². The van der Waals surface area contributed by atoms with Gasteiger partial charge in [-0.15, -0.1) is 0 Å². The molecule has 2 heterocycles. The van der Waals surface area contributed by atoms with Crippen molar-refractivity contribution < 1.29 is 17.6 Å². The van der Waals surface area contributed by atoms with E-state index in [1.807, 2.05) is 42.5 Å². The van der Waals surface area contributed by atoms with Crippen LogP contribution in [0.15, 0.2) is 52.9 Å². The summed E-state index contributed by atoms with van der Waals surface area (Å²) in [6, 6.07) is 14.7. The average molecular weight is 381 g/mol. The predicted molar refractivity (Wildman–Crippen MR) is 96.6 cm³/mol. The van der Waals surface area contributed by atoms with Gasteiger partial charge in [0, 0.05) is 5.41 Å². The number of alkyl halides is 3. The fraction of sp³-hybridized carbons (Fsp3) is 0.286. The standard InChI is InChI=1S/C21H14F3N3O/c22-21(23,24)20-9-19(10-20,11-20)17-16(25-12-5-1-2-6-13(12)26-17)18-27-14-7-3-4-8-15(14)28-18/h1-8H,9-11H2. The average Bonchev–Trinajstić information content (AvgIpc) is 3.01. The fourth-order valence-electron chi connectivity index (χ4n) is 4.83. The molecule has 0 spiro atoms. The molecule has 4 nitrogen and oxygen atoms in total. The third-order valence-electron chi connectivity index (χ3n) is 6.20. The molecule has 4 aromatic rings. The van der Waals surface area contributed by atoms with Crippen molar-refractivity contribution in [1.29, 1.82) is 0 Å². The molecule has 0 amide bonds. The largest absolute Gasteiger partial charge is 0.435 e. The van der Waals surface area contributed by atoms with Gasteiger partial charge in [-0.25, -0.2) is 15.0 Å². The number of rotatable bonds is 2. The molecule has 0 aliphatic heterocycles. The summed E-state index contributed by atoms with van der Waals surface area (Å²) in [7, 11) is 0. The summed E-state index contributed by atoms with van der Waals surface area (Å²) in [6.45, 7) is 0. The Labute approximate surface area is 157 Å². The Morgan fingerprint density at radius 2 is 1.39 bits per heavy atom. The highest BCUT2D eigenvalue weighted by Crippen LogP contribution is 2.78. The van der Waals surface area contributed by atoms with E-state index in [0.717, 1.165) is 0 Å². The van der Waals surface area contributed by atoms with Crippen molar-refractivity contribution in [3.8, 4) is 11.6 Å². The van der Waals surface area contributed by atoms with Crippen LogP contribution in [0, 0.1) is 5.41 Å². The van der Waals surface area contributed by atoms with Crippen LogP contribution in [0.3, 0.4) is 0 Å². The van der Waals surface area contributed by atoms with Gasteiger partial charge in [0.15, 0.2) is 5.58 Å². The Bertz CT molecular complexity index is 1210. The first-order valence-electron chi connectivity index (χ1n) is 9.09. The molecule has 7 rings (SSSR count). The molecular formula is C21H14F3N3O. The van der Waals surface area contributed by atoms with E-state index in [1.54, 1.807) is 6.07 Å². The van der Waals surface area contributed by atoms with E-state index in [0.29, 0.717) is 39.4 Å². The molecule has 2 aromatic heterocycles. The minimum absolute atomic E-state index is 0.0593. The molecule has 3 fully saturated rings. The van der Waals surface area contributed by atoms with Gasteiger partial charge in [-0.1, -0.05) is 24.3 Å². The van der Waals surface area contributed by atoms with Crippen molar-refractivity contribution in [3.63, 3.8) is 0 Å². The van der Waals surface area contributed by atoms with Crippen LogP contribution in [0.4, 0.5) is 13.2 Å². The lowest BCUT2D eigenvalue weighted by Crippen LogP contribution is -2.70. The Morgan fingerprint density at radius 1 is 0.786 bits per heavy atom. The highest BCUT2D eigenvalue weighted by Gasteiger charge is 2.79. The summed E-state index contributed by atoms with van der Waals surface area (Å²) in [5, 5.41) is 0. The Kier molecular flexibility index (Phi) is 2.81. The van der Waals surface area contributed by atoms with E-state index >= 15 is 0 Å².